The number of rotatable bonds is 4. The fraction of sp³-hybridized carbons (Fsp3) is 0. The molecule has 10 aromatic rings. The SMILES string of the molecule is c1ccc(-c2ccc(-c3nc(-c4ccc5c6c(cccc46)-c4cccc(-c6ccc7sc8ccccc8c7c6)c4S5)nc4ccccc34)cc2)cc1. The largest absolute Gasteiger partial charge is 0.228 e. The predicted molar refractivity (Wildman–Crippen MR) is 221 cm³/mol. The Morgan fingerprint density at radius 1 is 0.385 bits per heavy atom. The maximum atomic E-state index is 5.32. The summed E-state index contributed by atoms with van der Waals surface area (Å²) in [7, 11) is 0. The zero-order chi connectivity index (χ0) is 34.2. The van der Waals surface area contributed by atoms with Crippen LogP contribution >= 0.6 is 23.1 Å². The molecule has 1 aliphatic heterocycles. The van der Waals surface area contributed by atoms with E-state index in [9.17, 15) is 0 Å². The van der Waals surface area contributed by atoms with Crippen molar-refractivity contribution in [1.29, 1.82) is 0 Å². The third-order valence-corrected chi connectivity index (χ3v) is 12.7. The molecule has 0 unspecified atom stereocenters. The Morgan fingerprint density at radius 3 is 1.96 bits per heavy atom. The zero-order valence-corrected chi connectivity index (χ0v) is 29.5. The van der Waals surface area contributed by atoms with Gasteiger partial charge >= 0.3 is 0 Å². The van der Waals surface area contributed by atoms with Crippen LogP contribution in [0.15, 0.2) is 180 Å². The fourth-order valence-electron chi connectivity index (χ4n) is 7.84. The summed E-state index contributed by atoms with van der Waals surface area (Å²) in [6.07, 6.45) is 0. The normalized spacial score (nSPS) is 12.2. The second-order valence-corrected chi connectivity index (χ2v) is 15.4. The van der Waals surface area contributed by atoms with E-state index in [1.54, 1.807) is 0 Å². The number of benzene rings is 8. The van der Waals surface area contributed by atoms with Crippen molar-refractivity contribution in [2.75, 3.05) is 0 Å². The van der Waals surface area contributed by atoms with E-state index in [1.807, 2.05) is 23.1 Å². The predicted octanol–water partition coefficient (Wildman–Crippen LogP) is 14.0. The summed E-state index contributed by atoms with van der Waals surface area (Å²) in [6, 6.07) is 61.2. The average Bonchev–Trinajstić information content (AvgIpc) is 3.59. The molecule has 2 nitrogen and oxygen atoms in total. The van der Waals surface area contributed by atoms with E-state index in [-0.39, 0.29) is 0 Å². The summed E-state index contributed by atoms with van der Waals surface area (Å²) in [5, 5.41) is 6.13. The van der Waals surface area contributed by atoms with Gasteiger partial charge in [0, 0.05) is 51.9 Å². The van der Waals surface area contributed by atoms with Gasteiger partial charge in [0.1, 0.15) is 0 Å². The highest BCUT2D eigenvalue weighted by Gasteiger charge is 2.24. The lowest BCUT2D eigenvalue weighted by molar-refractivity contribution is 1.23. The van der Waals surface area contributed by atoms with Crippen LogP contribution in [0.2, 0.25) is 0 Å². The van der Waals surface area contributed by atoms with Crippen LogP contribution in [0.4, 0.5) is 0 Å². The van der Waals surface area contributed by atoms with Crippen LogP contribution in [0.3, 0.4) is 0 Å². The molecule has 0 radical (unpaired) electrons. The molecule has 8 aromatic carbocycles. The monoisotopic (exact) mass is 696 g/mol. The van der Waals surface area contributed by atoms with Gasteiger partial charge in [-0.15, -0.1) is 11.3 Å². The average molecular weight is 697 g/mol. The minimum Gasteiger partial charge on any atom is -0.228 e. The van der Waals surface area contributed by atoms with Crippen molar-refractivity contribution < 1.29 is 0 Å². The molecule has 0 spiro atoms. The Kier molecular flexibility index (Phi) is 6.69. The Hall–Kier alpha value is -6.07. The molecule has 0 saturated heterocycles. The molecular formula is C48H28N2S2. The number of thiophene rings is 1. The van der Waals surface area contributed by atoms with Gasteiger partial charge in [-0.25, -0.2) is 9.97 Å². The Bertz CT molecular complexity index is 3030. The molecule has 0 saturated carbocycles. The van der Waals surface area contributed by atoms with Gasteiger partial charge in [0.05, 0.1) is 11.2 Å². The third kappa shape index (κ3) is 4.65. The topological polar surface area (TPSA) is 25.8 Å². The first-order valence-electron chi connectivity index (χ1n) is 17.5. The summed E-state index contributed by atoms with van der Waals surface area (Å²) in [4.78, 5) is 13.1. The van der Waals surface area contributed by atoms with Crippen molar-refractivity contribution >= 4 is 64.9 Å². The van der Waals surface area contributed by atoms with E-state index in [2.05, 4.69) is 170 Å². The smallest absolute Gasteiger partial charge is 0.161 e. The van der Waals surface area contributed by atoms with Crippen LogP contribution < -0.4 is 0 Å². The summed E-state index contributed by atoms with van der Waals surface area (Å²) in [5.41, 5.74) is 11.4. The molecule has 0 bridgehead atoms. The van der Waals surface area contributed by atoms with Crippen LogP contribution in [0.25, 0.3) is 97.9 Å². The number of hydrogen-bond acceptors (Lipinski definition) is 4. The van der Waals surface area contributed by atoms with E-state index in [0.717, 1.165) is 33.5 Å². The molecule has 0 atom stereocenters. The minimum absolute atomic E-state index is 0.741. The third-order valence-electron chi connectivity index (χ3n) is 10.3. The number of hydrogen-bond donors (Lipinski definition) is 0. The van der Waals surface area contributed by atoms with Crippen LogP contribution in [0, 0.1) is 0 Å². The van der Waals surface area contributed by atoms with E-state index >= 15 is 0 Å². The first-order valence-corrected chi connectivity index (χ1v) is 19.1. The molecule has 11 rings (SSSR count). The van der Waals surface area contributed by atoms with Crippen LogP contribution in [0.1, 0.15) is 0 Å². The lowest BCUT2D eigenvalue weighted by Gasteiger charge is -2.24. The van der Waals surface area contributed by atoms with Crippen molar-refractivity contribution in [3.05, 3.63) is 170 Å². The molecule has 3 heterocycles. The highest BCUT2D eigenvalue weighted by atomic mass is 32.2. The first-order chi connectivity index (χ1) is 25.8. The fourth-order valence-corrected chi connectivity index (χ4v) is 10.2. The van der Waals surface area contributed by atoms with E-state index in [4.69, 9.17) is 9.97 Å². The van der Waals surface area contributed by atoms with Gasteiger partial charge in [0.15, 0.2) is 5.82 Å². The molecule has 0 aliphatic carbocycles. The van der Waals surface area contributed by atoms with Gasteiger partial charge in [-0.05, 0) is 75.2 Å². The van der Waals surface area contributed by atoms with Gasteiger partial charge < -0.3 is 0 Å². The highest BCUT2D eigenvalue weighted by molar-refractivity contribution is 8.00. The van der Waals surface area contributed by atoms with Crippen molar-refractivity contribution in [3.8, 4) is 56.0 Å². The summed E-state index contributed by atoms with van der Waals surface area (Å²) >= 11 is 3.74. The van der Waals surface area contributed by atoms with E-state index in [0.29, 0.717) is 0 Å². The van der Waals surface area contributed by atoms with E-state index < -0.39 is 0 Å². The number of aromatic nitrogens is 2. The van der Waals surface area contributed by atoms with Crippen molar-refractivity contribution in [1.82, 2.24) is 9.97 Å². The maximum absolute atomic E-state index is 5.32. The molecule has 1 aliphatic rings. The second-order valence-electron chi connectivity index (χ2n) is 13.3. The summed E-state index contributed by atoms with van der Waals surface area (Å²) in [5.74, 6) is 0.741. The number of para-hydroxylation sites is 1. The first kappa shape index (κ1) is 29.6. The highest BCUT2D eigenvalue weighted by Crippen LogP contribution is 2.53. The Balaban J connectivity index is 1.05. The van der Waals surface area contributed by atoms with Crippen LogP contribution in [-0.2, 0) is 0 Å². The van der Waals surface area contributed by atoms with Crippen LogP contribution in [0.5, 0.6) is 0 Å². The Labute approximate surface area is 309 Å². The molecule has 0 fully saturated rings. The summed E-state index contributed by atoms with van der Waals surface area (Å²) in [6.45, 7) is 0. The van der Waals surface area contributed by atoms with Gasteiger partial charge in [-0.3, -0.25) is 0 Å². The van der Waals surface area contributed by atoms with Crippen LogP contribution in [-0.4, -0.2) is 9.97 Å². The molecule has 0 amide bonds. The zero-order valence-electron chi connectivity index (χ0n) is 27.9. The van der Waals surface area contributed by atoms with Gasteiger partial charge in [0.2, 0.25) is 0 Å². The van der Waals surface area contributed by atoms with Gasteiger partial charge in [0.25, 0.3) is 0 Å². The van der Waals surface area contributed by atoms with Crippen molar-refractivity contribution in [2.45, 2.75) is 9.79 Å². The van der Waals surface area contributed by atoms with E-state index in [1.165, 1.54) is 74.1 Å². The standard InChI is InChI=1S/C48H28N2S2/c1-2-10-29(11-3-1)30-20-22-31(23-21-30)46-39-13-4-6-18-41(39)49-48(50-46)38-25-27-44-45-35(15-9-16-36(38)45)37-17-8-14-33(47(37)52-44)32-24-26-43-40(28-32)34-12-5-7-19-42(34)51-43/h1-28H. The Morgan fingerprint density at radius 2 is 1.06 bits per heavy atom. The van der Waals surface area contributed by atoms with Crippen molar-refractivity contribution in [3.63, 3.8) is 0 Å². The summed E-state index contributed by atoms with van der Waals surface area (Å²) < 4.78 is 2.66. The van der Waals surface area contributed by atoms with Gasteiger partial charge in [-0.2, -0.15) is 0 Å². The molecular weight excluding hydrogens is 669 g/mol. The second kappa shape index (κ2) is 11.7. The maximum Gasteiger partial charge on any atom is 0.161 e. The lowest BCUT2D eigenvalue weighted by atomic mass is 9.92. The lowest BCUT2D eigenvalue weighted by Crippen LogP contribution is -1.99. The molecule has 242 valence electrons. The molecule has 2 aromatic heterocycles. The van der Waals surface area contributed by atoms with Gasteiger partial charge in [-0.1, -0.05) is 145 Å². The number of fused-ring (bicyclic) bond motifs is 6. The number of nitrogens with zero attached hydrogens (tertiary/aromatic N) is 2. The molecule has 0 N–H and O–H groups in total. The minimum atomic E-state index is 0.741. The molecule has 52 heavy (non-hydrogen) atoms. The quantitative estimate of drug-likeness (QED) is 0.183. The molecule has 4 heteroatoms. The van der Waals surface area contributed by atoms with Crippen molar-refractivity contribution in [2.24, 2.45) is 0 Å².